The highest BCUT2D eigenvalue weighted by atomic mass is 79.9. The molecule has 1 heterocycles. The van der Waals surface area contributed by atoms with Gasteiger partial charge >= 0.3 is 14.8 Å². The molecule has 6 aliphatic rings. The van der Waals surface area contributed by atoms with Crippen LogP contribution in [0.15, 0.2) is 366 Å². The fourth-order valence-electron chi connectivity index (χ4n) is 18.6. The zero-order chi connectivity index (χ0) is 79.1. The minimum Gasteiger partial charge on any atom is -0.537 e. The van der Waals surface area contributed by atoms with Crippen molar-refractivity contribution in [3.63, 3.8) is 0 Å². The molecule has 1 radical (unpaired) electrons. The van der Waals surface area contributed by atoms with E-state index < -0.39 is 7.12 Å². The predicted molar refractivity (Wildman–Crippen MR) is 496 cm³/mol. The molecular formula is C106H85B2Br3NO4. The quantitative estimate of drug-likeness (QED) is 0.138. The largest absolute Gasteiger partial charge is 0.569 e. The number of fused-ring (bicyclic) bond motifs is 23. The number of rotatable bonds is 10. The molecule has 1 N–H and O–H groups in total. The Bertz CT molecular complexity index is 6220. The normalized spacial score (nSPS) is 15.6. The van der Waals surface area contributed by atoms with Gasteiger partial charge in [-0.1, -0.05) is 349 Å². The Balaban J connectivity index is 0.000000119. The monoisotopic (exact) mass is 1690 g/mol. The van der Waals surface area contributed by atoms with E-state index >= 15 is 0 Å². The topological polar surface area (TPSA) is 51.2 Å². The second kappa shape index (κ2) is 30.8. The molecule has 0 amide bonds. The molecule has 0 aromatic heterocycles. The highest BCUT2D eigenvalue weighted by Gasteiger charge is 2.55. The molecule has 0 saturated carbocycles. The minimum atomic E-state index is -0.392. The van der Waals surface area contributed by atoms with Gasteiger partial charge in [0.05, 0.1) is 22.0 Å². The van der Waals surface area contributed by atoms with E-state index in [4.69, 9.17) is 19.0 Å². The highest BCUT2D eigenvalue weighted by Crippen LogP contribution is 2.66. The average Bonchev–Trinajstić information content (AvgIpc) is 1.51. The van der Waals surface area contributed by atoms with Gasteiger partial charge in [0.25, 0.3) is 0 Å². The molecule has 0 bridgehead atoms. The van der Waals surface area contributed by atoms with Gasteiger partial charge in [0.2, 0.25) is 0 Å². The van der Waals surface area contributed by atoms with Gasteiger partial charge in [-0.2, -0.15) is 0 Å². The third-order valence-corrected chi connectivity index (χ3v) is 26.1. The Morgan fingerprint density at radius 1 is 0.328 bits per heavy atom. The van der Waals surface area contributed by atoms with Crippen LogP contribution in [0.1, 0.15) is 116 Å². The number of para-hydroxylation sites is 1. The standard InChI is InChI=1S/C39H38BNO2.C33H21Br.C25H14Br2.C8H8BO2.CH4/c1-37(2)35-15-11-10-14-33(35)34-25-24-32(26-36(34)37)41(30-20-16-28(17-21-30)27-12-8-7-9-13-27)31-22-18-29(19-23-31)40-42-38(3,4)39(5,6)43-40;1-2-21-9-3-4-10-24(21)22-15-17-27-25-11-5-7-13-29(25)33(31(27)19-22)30-14-8-6-12-26(30)28-18-16-23(34)20-32(28)33;26-15-9-11-19-17-5-1-3-7-21(17)25(23(19)13-15)22-8-4-2-6-18(22)20-12-10-16(27)14-24(20)25;1-2-7-5-3-4-6-8(7)11-9-10;/h7-26H,1-6H3;2-20H,1H2;1-14H;2-6,10H,1H2;1H4. The number of nitrogens with zero attached hydrogens (tertiary/aromatic N) is 1. The van der Waals surface area contributed by atoms with E-state index in [-0.39, 0.29) is 34.9 Å². The first-order chi connectivity index (χ1) is 55.9. The maximum atomic E-state index is 8.36. The summed E-state index contributed by atoms with van der Waals surface area (Å²) in [6.07, 6.45) is 3.61. The van der Waals surface area contributed by atoms with E-state index in [1.54, 1.807) is 12.1 Å². The van der Waals surface area contributed by atoms with Crippen LogP contribution in [0.3, 0.4) is 0 Å². The van der Waals surface area contributed by atoms with Gasteiger partial charge in [-0.25, -0.2) is 0 Å². The number of halogens is 3. The maximum Gasteiger partial charge on any atom is 0.569 e. The van der Waals surface area contributed by atoms with E-state index in [1.807, 2.05) is 24.3 Å². The lowest BCUT2D eigenvalue weighted by molar-refractivity contribution is 0.00578. The van der Waals surface area contributed by atoms with Crippen LogP contribution < -0.4 is 15.0 Å². The Labute approximate surface area is 708 Å². The van der Waals surface area contributed by atoms with Crippen LogP contribution in [0.25, 0.3) is 90.0 Å². The SMILES string of the molecule is Brc1ccc2c(c1)C1(c3ccccc3-2)c2ccccc2-c2ccc(Br)cc21.C.C=Cc1ccccc1-c1ccc2c(c1)C1(c3ccccc3-c3ccc(Br)cc31)c1ccccc1-2.C=Cc1ccccc1O[B]O.CC1(C)c2ccccc2-c2ccc(N(c3ccc(B4OC(C)(C)C(C)(C)O4)cc3)c3ccc(-c4ccccc4)cc3)cc21. The molecule has 116 heavy (non-hydrogen) atoms. The van der Waals surface area contributed by atoms with Crippen molar-refractivity contribution >= 4 is 97.3 Å². The van der Waals surface area contributed by atoms with Gasteiger partial charge in [-0.15, -0.1) is 0 Å². The summed E-state index contributed by atoms with van der Waals surface area (Å²) in [5.74, 6) is 0.602. The molecule has 1 aliphatic heterocycles. The first kappa shape index (κ1) is 77.4. The lowest BCUT2D eigenvalue weighted by atomic mass is 9.70. The van der Waals surface area contributed by atoms with Crippen LogP contribution in [0.4, 0.5) is 17.1 Å². The van der Waals surface area contributed by atoms with Crippen molar-refractivity contribution in [1.82, 2.24) is 0 Å². The molecule has 565 valence electrons. The average molecular weight is 1700 g/mol. The van der Waals surface area contributed by atoms with Crippen LogP contribution in [0.2, 0.25) is 0 Å². The molecule has 5 nitrogen and oxygen atoms in total. The van der Waals surface area contributed by atoms with Crippen LogP contribution in [-0.4, -0.2) is 31.0 Å². The molecule has 2 spiro atoms. The van der Waals surface area contributed by atoms with Crippen LogP contribution >= 0.6 is 47.8 Å². The summed E-state index contributed by atoms with van der Waals surface area (Å²) in [7, 11) is 0.263. The van der Waals surface area contributed by atoms with Gasteiger partial charge in [0.1, 0.15) is 5.75 Å². The van der Waals surface area contributed by atoms with E-state index in [0.29, 0.717) is 13.4 Å². The fraction of sp³-hybridized carbons (Fsp3) is 0.113. The number of anilines is 3. The summed E-state index contributed by atoms with van der Waals surface area (Å²) in [4.78, 5) is 2.35. The Kier molecular flexibility index (Phi) is 20.5. The third kappa shape index (κ3) is 12.8. The maximum absolute atomic E-state index is 8.36. The lowest BCUT2D eigenvalue weighted by Crippen LogP contribution is -2.41. The van der Waals surface area contributed by atoms with Gasteiger partial charge in [-0.3, -0.25) is 0 Å². The lowest BCUT2D eigenvalue weighted by Gasteiger charge is -2.32. The van der Waals surface area contributed by atoms with Crippen molar-refractivity contribution in [2.24, 2.45) is 0 Å². The molecular weight excluding hydrogens is 1610 g/mol. The Morgan fingerprint density at radius 3 is 1.13 bits per heavy atom. The van der Waals surface area contributed by atoms with E-state index in [1.165, 1.54) is 134 Å². The van der Waals surface area contributed by atoms with E-state index in [9.17, 15) is 0 Å². The van der Waals surface area contributed by atoms with Crippen LogP contribution in [0.5, 0.6) is 5.75 Å². The molecule has 1 unspecified atom stereocenters. The first-order valence-electron chi connectivity index (χ1n) is 39.0. The first-order valence-corrected chi connectivity index (χ1v) is 41.4. The van der Waals surface area contributed by atoms with Crippen molar-refractivity contribution in [3.05, 3.63) is 433 Å². The molecule has 1 atom stereocenters. The zero-order valence-electron chi connectivity index (χ0n) is 64.8. The zero-order valence-corrected chi connectivity index (χ0v) is 69.6. The third-order valence-electron chi connectivity index (χ3n) is 24.6. The Hall–Kier alpha value is -11.2. The number of hydrogen-bond acceptors (Lipinski definition) is 5. The summed E-state index contributed by atoms with van der Waals surface area (Å²) in [6, 6.07) is 122. The second-order valence-electron chi connectivity index (χ2n) is 31.6. The summed E-state index contributed by atoms with van der Waals surface area (Å²) < 4.78 is 20.8. The van der Waals surface area contributed by atoms with Crippen LogP contribution in [-0.2, 0) is 25.6 Å². The highest BCUT2D eigenvalue weighted by molar-refractivity contribution is 9.11. The van der Waals surface area contributed by atoms with Crippen molar-refractivity contribution in [3.8, 4) is 83.6 Å². The minimum absolute atomic E-state index is 0. The van der Waals surface area contributed by atoms with Gasteiger partial charge in [0, 0.05) is 41.5 Å². The van der Waals surface area contributed by atoms with Crippen molar-refractivity contribution < 1.29 is 19.0 Å². The molecule has 10 heteroatoms. The molecule has 5 aliphatic carbocycles. The summed E-state index contributed by atoms with van der Waals surface area (Å²) in [6.45, 7) is 20.7. The van der Waals surface area contributed by atoms with Crippen LogP contribution in [0, 0.1) is 0 Å². The second-order valence-corrected chi connectivity index (χ2v) is 34.3. The van der Waals surface area contributed by atoms with E-state index in [0.717, 1.165) is 47.1 Å². The van der Waals surface area contributed by atoms with Gasteiger partial charge in [0.15, 0.2) is 0 Å². The van der Waals surface area contributed by atoms with E-state index in [2.05, 4.69) is 423 Å². The smallest absolute Gasteiger partial charge is 0.537 e. The Morgan fingerprint density at radius 2 is 0.664 bits per heavy atom. The van der Waals surface area contributed by atoms with Crippen molar-refractivity contribution in [1.29, 1.82) is 0 Å². The van der Waals surface area contributed by atoms with Crippen molar-refractivity contribution in [2.45, 2.75) is 76.4 Å². The predicted octanol–water partition coefficient (Wildman–Crippen LogP) is 28.0. The summed E-state index contributed by atoms with van der Waals surface area (Å²) in [5.41, 5.74) is 36.7. The molecule has 15 aromatic rings. The molecule has 1 saturated heterocycles. The summed E-state index contributed by atoms with van der Waals surface area (Å²) >= 11 is 11.2. The molecule has 1 fully saturated rings. The van der Waals surface area contributed by atoms with Gasteiger partial charge in [-0.05, 0) is 257 Å². The fourth-order valence-corrected chi connectivity index (χ4v) is 19.7. The number of hydrogen-bond donors (Lipinski definition) is 1. The molecule has 21 rings (SSSR count). The summed E-state index contributed by atoms with van der Waals surface area (Å²) in [5, 5.41) is 8.36. The van der Waals surface area contributed by atoms with Gasteiger partial charge < -0.3 is 23.9 Å². The van der Waals surface area contributed by atoms with Crippen molar-refractivity contribution in [2.75, 3.05) is 4.90 Å². The number of benzene rings is 15. The molecule has 15 aromatic carbocycles.